The first kappa shape index (κ1) is 12.6. The van der Waals surface area contributed by atoms with Crippen LogP contribution in [0.2, 0.25) is 0 Å². The number of ketones is 1. The van der Waals surface area contributed by atoms with Gasteiger partial charge in [0.15, 0.2) is 0 Å². The van der Waals surface area contributed by atoms with Gasteiger partial charge in [0.1, 0.15) is 5.88 Å². The Hall–Kier alpha value is -1.49. The van der Waals surface area contributed by atoms with Crippen LogP contribution in [-0.4, -0.2) is 24.0 Å². The Labute approximate surface area is 95.4 Å². The highest BCUT2D eigenvalue weighted by atomic mass is 35.5. The van der Waals surface area contributed by atoms with Crippen molar-refractivity contribution in [3.05, 3.63) is 29.8 Å². The van der Waals surface area contributed by atoms with E-state index in [0.29, 0.717) is 0 Å². The van der Waals surface area contributed by atoms with Gasteiger partial charge in [0.25, 0.3) is 0 Å². The minimum absolute atomic E-state index is 0.151. The number of amides is 1. The molecule has 0 aliphatic carbocycles. The summed E-state index contributed by atoms with van der Waals surface area (Å²) in [5.74, 6) is -1.99. The van der Waals surface area contributed by atoms with E-state index in [9.17, 15) is 18.4 Å². The van der Waals surface area contributed by atoms with Gasteiger partial charge in [-0.3, -0.25) is 9.59 Å². The SMILES string of the molecule is O=C(CCl)Nc1cccc(C(=O)C(F)F)c1. The van der Waals surface area contributed by atoms with Gasteiger partial charge in [-0.25, -0.2) is 8.78 Å². The first-order chi connectivity index (χ1) is 7.54. The first-order valence-corrected chi connectivity index (χ1v) is 4.86. The summed E-state index contributed by atoms with van der Waals surface area (Å²) in [6, 6.07) is 5.32. The minimum Gasteiger partial charge on any atom is -0.325 e. The molecule has 0 aliphatic heterocycles. The zero-order valence-electron chi connectivity index (χ0n) is 8.04. The lowest BCUT2D eigenvalue weighted by molar-refractivity contribution is -0.113. The van der Waals surface area contributed by atoms with Crippen molar-refractivity contribution < 1.29 is 18.4 Å². The number of rotatable bonds is 4. The van der Waals surface area contributed by atoms with E-state index in [0.717, 1.165) is 0 Å². The molecule has 0 aliphatic rings. The summed E-state index contributed by atoms with van der Waals surface area (Å²) in [6.45, 7) is 0. The van der Waals surface area contributed by atoms with E-state index >= 15 is 0 Å². The number of carbonyl (C=O) groups is 2. The van der Waals surface area contributed by atoms with E-state index in [1.165, 1.54) is 24.3 Å². The molecule has 0 aromatic heterocycles. The number of nitrogens with one attached hydrogen (secondary N) is 1. The molecule has 0 radical (unpaired) electrons. The lowest BCUT2D eigenvalue weighted by Gasteiger charge is -2.05. The van der Waals surface area contributed by atoms with Crippen molar-refractivity contribution in [3.63, 3.8) is 0 Å². The number of hydrogen-bond donors (Lipinski definition) is 1. The highest BCUT2D eigenvalue weighted by Gasteiger charge is 2.17. The Morgan fingerprint density at radius 1 is 1.38 bits per heavy atom. The van der Waals surface area contributed by atoms with E-state index < -0.39 is 18.1 Å². The third kappa shape index (κ3) is 3.27. The molecule has 3 nitrogen and oxygen atoms in total. The van der Waals surface area contributed by atoms with Gasteiger partial charge in [-0.2, -0.15) is 0 Å². The van der Waals surface area contributed by atoms with E-state index in [4.69, 9.17) is 11.6 Å². The van der Waals surface area contributed by atoms with Crippen molar-refractivity contribution >= 4 is 29.0 Å². The highest BCUT2D eigenvalue weighted by molar-refractivity contribution is 6.29. The second-order valence-corrected chi connectivity index (χ2v) is 3.19. The first-order valence-electron chi connectivity index (χ1n) is 4.33. The van der Waals surface area contributed by atoms with Crippen LogP contribution in [-0.2, 0) is 4.79 Å². The van der Waals surface area contributed by atoms with Crippen molar-refractivity contribution in [1.82, 2.24) is 0 Å². The van der Waals surface area contributed by atoms with Crippen LogP contribution >= 0.6 is 11.6 Å². The van der Waals surface area contributed by atoms with E-state index in [2.05, 4.69) is 5.32 Å². The molecule has 0 saturated heterocycles. The van der Waals surface area contributed by atoms with Gasteiger partial charge < -0.3 is 5.32 Å². The topological polar surface area (TPSA) is 46.2 Å². The van der Waals surface area contributed by atoms with Crippen LogP contribution in [0.5, 0.6) is 0 Å². The van der Waals surface area contributed by atoms with E-state index in [-0.39, 0.29) is 17.1 Å². The van der Waals surface area contributed by atoms with Crippen LogP contribution in [0.1, 0.15) is 10.4 Å². The second-order valence-electron chi connectivity index (χ2n) is 2.93. The Morgan fingerprint density at radius 2 is 2.06 bits per heavy atom. The summed E-state index contributed by atoms with van der Waals surface area (Å²) in [6.07, 6.45) is -3.06. The molecule has 0 fully saturated rings. The molecule has 1 amide bonds. The van der Waals surface area contributed by atoms with E-state index in [1.807, 2.05) is 0 Å². The molecule has 0 bridgehead atoms. The molecule has 0 saturated carbocycles. The van der Waals surface area contributed by atoms with Crippen molar-refractivity contribution in [2.24, 2.45) is 0 Å². The number of benzene rings is 1. The van der Waals surface area contributed by atoms with Crippen LogP contribution in [0.25, 0.3) is 0 Å². The molecule has 0 unspecified atom stereocenters. The fourth-order valence-electron chi connectivity index (χ4n) is 1.07. The maximum absolute atomic E-state index is 12.1. The number of anilines is 1. The summed E-state index contributed by atoms with van der Waals surface area (Å²) in [5, 5.41) is 2.36. The predicted octanol–water partition coefficient (Wildman–Crippen LogP) is 2.31. The van der Waals surface area contributed by atoms with Gasteiger partial charge in [-0.15, -0.1) is 11.6 Å². The number of carbonyl (C=O) groups excluding carboxylic acids is 2. The maximum atomic E-state index is 12.1. The van der Waals surface area contributed by atoms with Gasteiger partial charge in [0.2, 0.25) is 11.7 Å². The average molecular weight is 248 g/mol. The zero-order chi connectivity index (χ0) is 12.1. The molecule has 16 heavy (non-hydrogen) atoms. The Kier molecular flexibility index (Phi) is 4.37. The van der Waals surface area contributed by atoms with Crippen LogP contribution in [0.4, 0.5) is 14.5 Å². The zero-order valence-corrected chi connectivity index (χ0v) is 8.80. The van der Waals surface area contributed by atoms with Gasteiger partial charge in [-0.1, -0.05) is 12.1 Å². The molecule has 1 N–H and O–H groups in total. The largest absolute Gasteiger partial charge is 0.325 e. The molecule has 1 rings (SSSR count). The lowest BCUT2D eigenvalue weighted by atomic mass is 10.1. The molecule has 1 aromatic rings. The molecule has 1 aromatic carbocycles. The summed E-state index contributed by atoms with van der Waals surface area (Å²) in [5.41, 5.74) is 0.111. The maximum Gasteiger partial charge on any atom is 0.300 e. The Bertz CT molecular complexity index is 410. The molecular formula is C10H8ClF2NO2. The fraction of sp³-hybridized carbons (Fsp3) is 0.200. The second kappa shape index (κ2) is 5.55. The fourth-order valence-corrected chi connectivity index (χ4v) is 1.14. The van der Waals surface area contributed by atoms with Crippen LogP contribution in [0, 0.1) is 0 Å². The van der Waals surface area contributed by atoms with Crippen molar-refractivity contribution in [3.8, 4) is 0 Å². The van der Waals surface area contributed by atoms with Gasteiger partial charge in [0, 0.05) is 11.3 Å². The standard InChI is InChI=1S/C10H8ClF2NO2/c11-5-8(15)14-7-3-1-2-6(4-7)9(16)10(12)13/h1-4,10H,5H2,(H,14,15). The summed E-state index contributed by atoms with van der Waals surface area (Å²) < 4.78 is 24.2. The molecule has 0 heterocycles. The Balaban J connectivity index is 2.87. The third-order valence-electron chi connectivity index (χ3n) is 1.75. The van der Waals surface area contributed by atoms with E-state index in [1.54, 1.807) is 0 Å². The van der Waals surface area contributed by atoms with Crippen LogP contribution in [0.3, 0.4) is 0 Å². The quantitative estimate of drug-likeness (QED) is 0.656. The predicted molar refractivity (Wildman–Crippen MR) is 56.1 cm³/mol. The lowest BCUT2D eigenvalue weighted by Crippen LogP contribution is -2.14. The number of alkyl halides is 3. The molecular weight excluding hydrogens is 240 g/mol. The smallest absolute Gasteiger partial charge is 0.300 e. The van der Waals surface area contributed by atoms with Crippen molar-refractivity contribution in [1.29, 1.82) is 0 Å². The monoisotopic (exact) mass is 247 g/mol. The van der Waals surface area contributed by atoms with Crippen molar-refractivity contribution in [2.75, 3.05) is 11.2 Å². The molecule has 0 atom stereocenters. The van der Waals surface area contributed by atoms with Gasteiger partial charge in [-0.05, 0) is 12.1 Å². The summed E-state index contributed by atoms with van der Waals surface area (Å²) in [4.78, 5) is 21.9. The van der Waals surface area contributed by atoms with Gasteiger partial charge in [0.05, 0.1) is 0 Å². The third-order valence-corrected chi connectivity index (χ3v) is 1.99. The summed E-state index contributed by atoms with van der Waals surface area (Å²) in [7, 11) is 0. The number of halogens is 3. The number of hydrogen-bond acceptors (Lipinski definition) is 2. The van der Waals surface area contributed by atoms with Crippen LogP contribution in [0.15, 0.2) is 24.3 Å². The minimum atomic E-state index is -3.06. The normalized spacial score (nSPS) is 10.2. The molecule has 6 heteroatoms. The van der Waals surface area contributed by atoms with Gasteiger partial charge >= 0.3 is 6.43 Å². The molecule has 0 spiro atoms. The number of Topliss-reactive ketones (excluding diaryl/α,β-unsaturated/α-hetero) is 1. The highest BCUT2D eigenvalue weighted by Crippen LogP contribution is 2.14. The molecule has 86 valence electrons. The Morgan fingerprint density at radius 3 is 2.62 bits per heavy atom. The average Bonchev–Trinajstić information content (AvgIpc) is 2.28. The summed E-state index contributed by atoms with van der Waals surface area (Å²) >= 11 is 5.26. The van der Waals surface area contributed by atoms with Crippen molar-refractivity contribution in [2.45, 2.75) is 6.43 Å². The van der Waals surface area contributed by atoms with Crippen LogP contribution < -0.4 is 5.32 Å².